The van der Waals surface area contributed by atoms with Gasteiger partial charge in [0.2, 0.25) is 5.95 Å². The number of nitrogens with zero attached hydrogens (tertiary/aromatic N) is 4. The third-order valence-corrected chi connectivity index (χ3v) is 8.47. The molecule has 4 N–H and O–H groups in total. The zero-order valence-electron chi connectivity index (χ0n) is 24.6. The Balaban J connectivity index is 1.08. The van der Waals surface area contributed by atoms with Crippen molar-refractivity contribution in [2.24, 2.45) is 0 Å². The van der Waals surface area contributed by atoms with E-state index in [1.54, 1.807) is 23.1 Å². The van der Waals surface area contributed by atoms with Crippen molar-refractivity contribution in [3.05, 3.63) is 97.8 Å². The Morgan fingerprint density at radius 3 is 2.74 bits per heavy atom. The van der Waals surface area contributed by atoms with Crippen LogP contribution in [0.2, 0.25) is 0 Å². The molecule has 238 valence electrons. The van der Waals surface area contributed by atoms with E-state index in [1.165, 1.54) is 12.1 Å². The Bertz CT molecular complexity index is 1890. The highest BCUT2D eigenvalue weighted by molar-refractivity contribution is 5.95. The first kappa shape index (κ1) is 29.7. The molecule has 10 nitrogen and oxygen atoms in total. The van der Waals surface area contributed by atoms with E-state index in [9.17, 15) is 22.8 Å². The van der Waals surface area contributed by atoms with Crippen LogP contribution in [0.3, 0.4) is 0 Å². The lowest BCUT2D eigenvalue weighted by Gasteiger charge is -2.29. The van der Waals surface area contributed by atoms with Gasteiger partial charge in [-0.1, -0.05) is 12.1 Å². The number of alkyl halides is 3. The first-order valence-electron chi connectivity index (χ1n) is 15.1. The molecule has 14 heteroatoms. The number of H-pyrrole nitrogens is 1. The zero-order valence-corrected chi connectivity index (χ0v) is 24.6. The standard InChI is InChI=1S/C32H30F4N8O2/c33-25-8-3-17(13-26-27-22(2-1-10-37-27)29(45)43-42-26)12-23(25)30(46)44-11-9-18-4-5-21(14-19(18)16-44)40-31-38-15-24(32(34,35)36)28(41-31)39-20-6-7-20/h3-5,8,12,14-15,20,37H,1-2,6-7,9-11,13,16H2,(H,43,45)(H2,38,39,40,41). The average molecular weight is 635 g/mol. The van der Waals surface area contributed by atoms with Crippen molar-refractivity contribution >= 4 is 29.0 Å². The van der Waals surface area contributed by atoms with Crippen LogP contribution in [0.4, 0.5) is 40.7 Å². The van der Waals surface area contributed by atoms with Crippen LogP contribution in [-0.4, -0.2) is 50.1 Å². The monoisotopic (exact) mass is 634 g/mol. The van der Waals surface area contributed by atoms with Crippen LogP contribution in [0.1, 0.15) is 63.1 Å². The molecule has 7 rings (SSSR count). The first-order valence-corrected chi connectivity index (χ1v) is 15.1. The summed E-state index contributed by atoms with van der Waals surface area (Å²) in [5.74, 6) is -1.36. The summed E-state index contributed by atoms with van der Waals surface area (Å²) >= 11 is 0. The second-order valence-electron chi connectivity index (χ2n) is 11.8. The number of halogens is 4. The van der Waals surface area contributed by atoms with Crippen LogP contribution in [0.5, 0.6) is 0 Å². The van der Waals surface area contributed by atoms with E-state index in [1.807, 2.05) is 6.07 Å². The number of anilines is 4. The smallest absolute Gasteiger partial charge is 0.383 e. The molecule has 2 aromatic heterocycles. The minimum atomic E-state index is -4.59. The number of fused-ring (bicyclic) bond motifs is 2. The second-order valence-corrected chi connectivity index (χ2v) is 11.8. The Morgan fingerprint density at radius 2 is 1.93 bits per heavy atom. The summed E-state index contributed by atoms with van der Waals surface area (Å²) in [5, 5.41) is 15.8. The number of aromatic amines is 1. The van der Waals surface area contributed by atoms with Crippen molar-refractivity contribution < 1.29 is 22.4 Å². The van der Waals surface area contributed by atoms with Gasteiger partial charge in [0.1, 0.15) is 17.2 Å². The fourth-order valence-corrected chi connectivity index (χ4v) is 5.91. The number of nitrogens with one attached hydrogen (secondary N) is 4. The highest BCUT2D eigenvalue weighted by atomic mass is 19.4. The van der Waals surface area contributed by atoms with Crippen molar-refractivity contribution in [1.82, 2.24) is 25.1 Å². The number of carbonyl (C=O) groups is 1. The van der Waals surface area contributed by atoms with Gasteiger partial charge in [-0.05, 0) is 73.1 Å². The molecule has 0 unspecified atom stereocenters. The molecule has 0 bridgehead atoms. The van der Waals surface area contributed by atoms with Crippen molar-refractivity contribution in [2.45, 2.75) is 57.3 Å². The molecule has 1 amide bonds. The molecule has 0 radical (unpaired) electrons. The van der Waals surface area contributed by atoms with E-state index in [0.717, 1.165) is 43.1 Å². The predicted molar refractivity (Wildman–Crippen MR) is 163 cm³/mol. The number of hydrogen-bond donors (Lipinski definition) is 4. The number of carbonyl (C=O) groups excluding carboxylic acids is 1. The molecule has 3 aliphatic rings. The van der Waals surface area contributed by atoms with Crippen molar-refractivity contribution in [3.63, 3.8) is 0 Å². The molecular formula is C32H30F4N8O2. The van der Waals surface area contributed by atoms with Crippen molar-refractivity contribution in [3.8, 4) is 0 Å². The normalized spacial score (nSPS) is 15.9. The van der Waals surface area contributed by atoms with Gasteiger partial charge in [0.05, 0.1) is 16.9 Å². The largest absolute Gasteiger partial charge is 0.421 e. The van der Waals surface area contributed by atoms with Gasteiger partial charge in [-0.25, -0.2) is 14.5 Å². The molecule has 1 saturated carbocycles. The molecule has 1 fully saturated rings. The summed E-state index contributed by atoms with van der Waals surface area (Å²) in [6, 6.07) is 9.84. The average Bonchev–Trinajstić information content (AvgIpc) is 3.86. The van der Waals surface area contributed by atoms with Crippen LogP contribution in [0.15, 0.2) is 47.4 Å². The van der Waals surface area contributed by atoms with Gasteiger partial charge >= 0.3 is 6.18 Å². The van der Waals surface area contributed by atoms with Crippen LogP contribution >= 0.6 is 0 Å². The minimum Gasteiger partial charge on any atom is -0.383 e. The van der Waals surface area contributed by atoms with Gasteiger partial charge in [-0.15, -0.1) is 0 Å². The van der Waals surface area contributed by atoms with E-state index < -0.39 is 23.5 Å². The summed E-state index contributed by atoms with van der Waals surface area (Å²) in [6.45, 7) is 1.33. The summed E-state index contributed by atoms with van der Waals surface area (Å²) in [5.41, 5.74) is 3.80. The summed E-state index contributed by atoms with van der Waals surface area (Å²) in [4.78, 5) is 35.4. The molecule has 0 atom stereocenters. The molecule has 2 aromatic carbocycles. The van der Waals surface area contributed by atoms with Gasteiger partial charge in [-0.2, -0.15) is 23.3 Å². The molecule has 46 heavy (non-hydrogen) atoms. The maximum atomic E-state index is 15.0. The molecule has 4 heterocycles. The fourth-order valence-electron chi connectivity index (χ4n) is 5.91. The topological polar surface area (TPSA) is 128 Å². The van der Waals surface area contributed by atoms with E-state index >= 15 is 4.39 Å². The predicted octanol–water partition coefficient (Wildman–Crippen LogP) is 5.18. The summed E-state index contributed by atoms with van der Waals surface area (Å²) in [6.07, 6.45) is 0.0684. The Hall–Kier alpha value is -5.01. The third kappa shape index (κ3) is 6.11. The van der Waals surface area contributed by atoms with Gasteiger partial charge < -0.3 is 20.9 Å². The number of benzene rings is 2. The Morgan fingerprint density at radius 1 is 1.09 bits per heavy atom. The van der Waals surface area contributed by atoms with Crippen molar-refractivity contribution in [1.29, 1.82) is 0 Å². The zero-order chi connectivity index (χ0) is 32.0. The van der Waals surface area contributed by atoms with Gasteiger partial charge in [-0.3, -0.25) is 9.59 Å². The van der Waals surface area contributed by atoms with Gasteiger partial charge in [0.15, 0.2) is 0 Å². The highest BCUT2D eigenvalue weighted by Gasteiger charge is 2.37. The Labute approximate surface area is 260 Å². The fraction of sp³-hybridized carbons (Fsp3) is 0.344. The Kier molecular flexibility index (Phi) is 7.57. The molecule has 0 spiro atoms. The summed E-state index contributed by atoms with van der Waals surface area (Å²) in [7, 11) is 0. The van der Waals surface area contributed by atoms with E-state index in [2.05, 4.69) is 36.1 Å². The minimum absolute atomic E-state index is 0.00664. The quantitative estimate of drug-likeness (QED) is 0.205. The van der Waals surface area contributed by atoms with Crippen LogP contribution in [0, 0.1) is 5.82 Å². The SMILES string of the molecule is O=C(c1cc(Cc2n[nH]c(=O)c3c2NCCC3)ccc1F)N1CCc2ccc(Nc3ncc(C(F)(F)F)c(NC4CC4)n3)cc2C1. The van der Waals surface area contributed by atoms with E-state index in [0.29, 0.717) is 54.0 Å². The molecular weight excluding hydrogens is 604 g/mol. The first-order chi connectivity index (χ1) is 22.1. The number of amides is 1. The van der Waals surface area contributed by atoms with E-state index in [-0.39, 0.29) is 35.5 Å². The van der Waals surface area contributed by atoms with Crippen LogP contribution < -0.4 is 21.5 Å². The number of rotatable bonds is 7. The number of aromatic nitrogens is 4. The second kappa shape index (κ2) is 11.7. The maximum absolute atomic E-state index is 15.0. The lowest BCUT2D eigenvalue weighted by Crippen LogP contribution is -2.36. The number of hydrogen-bond acceptors (Lipinski definition) is 8. The van der Waals surface area contributed by atoms with Crippen molar-refractivity contribution in [2.75, 3.05) is 29.0 Å². The molecule has 1 aliphatic carbocycles. The molecule has 2 aliphatic heterocycles. The lowest BCUT2D eigenvalue weighted by atomic mass is 9.97. The van der Waals surface area contributed by atoms with Gasteiger partial charge in [0.25, 0.3) is 11.5 Å². The van der Waals surface area contributed by atoms with Crippen LogP contribution in [0.25, 0.3) is 0 Å². The molecule has 4 aromatic rings. The maximum Gasteiger partial charge on any atom is 0.421 e. The van der Waals surface area contributed by atoms with Gasteiger partial charge in [0, 0.05) is 49.5 Å². The third-order valence-electron chi connectivity index (χ3n) is 8.47. The van der Waals surface area contributed by atoms with Crippen LogP contribution in [-0.2, 0) is 32.0 Å². The molecule has 0 saturated heterocycles. The highest BCUT2D eigenvalue weighted by Crippen LogP contribution is 2.36. The summed E-state index contributed by atoms with van der Waals surface area (Å²) < 4.78 is 55.5. The van der Waals surface area contributed by atoms with E-state index in [4.69, 9.17) is 0 Å². The lowest BCUT2D eigenvalue weighted by molar-refractivity contribution is -0.137.